The highest BCUT2D eigenvalue weighted by molar-refractivity contribution is 6.10. The molecule has 0 radical (unpaired) electrons. The Morgan fingerprint density at radius 3 is 1.86 bits per heavy atom. The Morgan fingerprint density at radius 2 is 1.29 bits per heavy atom. The van der Waals surface area contributed by atoms with E-state index in [1.165, 1.54) is 6.92 Å². The smallest absolute Gasteiger partial charge is 0.235 e. The van der Waals surface area contributed by atoms with Gasteiger partial charge in [0.05, 0.1) is 5.41 Å². The SMILES string of the molecule is CC(=O)Nc1ccc(NC(=O)C2(c3ccccc3)CCCC2)c2ccccc12. The molecule has 4 heteroatoms. The molecule has 1 aliphatic carbocycles. The molecule has 0 saturated heterocycles. The van der Waals surface area contributed by atoms with Crippen LogP contribution in [0.25, 0.3) is 10.8 Å². The fourth-order valence-electron chi connectivity index (χ4n) is 4.33. The quantitative estimate of drug-likeness (QED) is 0.657. The summed E-state index contributed by atoms with van der Waals surface area (Å²) in [5.74, 6) is -0.0652. The van der Waals surface area contributed by atoms with E-state index in [2.05, 4.69) is 22.8 Å². The van der Waals surface area contributed by atoms with Gasteiger partial charge in [0.1, 0.15) is 0 Å². The Morgan fingerprint density at radius 1 is 0.750 bits per heavy atom. The summed E-state index contributed by atoms with van der Waals surface area (Å²) in [6.45, 7) is 1.49. The number of rotatable bonds is 4. The van der Waals surface area contributed by atoms with Crippen molar-refractivity contribution < 1.29 is 9.59 Å². The van der Waals surface area contributed by atoms with Crippen LogP contribution < -0.4 is 10.6 Å². The molecule has 0 spiro atoms. The van der Waals surface area contributed by atoms with Crippen molar-refractivity contribution in [3.05, 3.63) is 72.3 Å². The van der Waals surface area contributed by atoms with Gasteiger partial charge in [-0.05, 0) is 30.5 Å². The Hall–Kier alpha value is -3.14. The van der Waals surface area contributed by atoms with Crippen LogP contribution in [0.1, 0.15) is 38.2 Å². The average molecular weight is 372 g/mol. The minimum atomic E-state index is -0.474. The molecule has 28 heavy (non-hydrogen) atoms. The van der Waals surface area contributed by atoms with Gasteiger partial charge in [-0.25, -0.2) is 0 Å². The summed E-state index contributed by atoms with van der Waals surface area (Å²) in [7, 11) is 0. The third-order valence-electron chi connectivity index (χ3n) is 5.70. The van der Waals surface area contributed by atoms with Crippen LogP contribution >= 0.6 is 0 Å². The highest BCUT2D eigenvalue weighted by Crippen LogP contribution is 2.42. The minimum Gasteiger partial charge on any atom is -0.326 e. The van der Waals surface area contributed by atoms with Gasteiger partial charge in [-0.3, -0.25) is 9.59 Å². The summed E-state index contributed by atoms with van der Waals surface area (Å²) in [4.78, 5) is 25.0. The third kappa shape index (κ3) is 3.26. The van der Waals surface area contributed by atoms with Crippen LogP contribution in [0.5, 0.6) is 0 Å². The molecule has 0 unspecified atom stereocenters. The Bertz CT molecular complexity index is 1020. The first-order chi connectivity index (χ1) is 13.6. The maximum atomic E-state index is 13.5. The monoisotopic (exact) mass is 372 g/mol. The van der Waals surface area contributed by atoms with Crippen LogP contribution in [0, 0.1) is 0 Å². The fourth-order valence-corrected chi connectivity index (χ4v) is 4.33. The van der Waals surface area contributed by atoms with Gasteiger partial charge in [-0.2, -0.15) is 0 Å². The van der Waals surface area contributed by atoms with Crippen LogP contribution in [-0.4, -0.2) is 11.8 Å². The molecule has 142 valence electrons. The normalized spacial score (nSPS) is 15.3. The first kappa shape index (κ1) is 18.2. The topological polar surface area (TPSA) is 58.2 Å². The van der Waals surface area contributed by atoms with E-state index in [0.717, 1.165) is 53.4 Å². The second kappa shape index (κ2) is 7.47. The van der Waals surface area contributed by atoms with Crippen LogP contribution in [0.4, 0.5) is 11.4 Å². The molecule has 4 rings (SSSR count). The number of hydrogen-bond acceptors (Lipinski definition) is 2. The lowest BCUT2D eigenvalue weighted by Crippen LogP contribution is -2.38. The lowest BCUT2D eigenvalue weighted by Gasteiger charge is -2.28. The molecule has 0 heterocycles. The van der Waals surface area contributed by atoms with Gasteiger partial charge in [0.15, 0.2) is 0 Å². The number of amides is 2. The average Bonchev–Trinajstić information content (AvgIpc) is 3.21. The zero-order valence-electron chi connectivity index (χ0n) is 16.0. The Labute approximate surface area is 165 Å². The largest absolute Gasteiger partial charge is 0.326 e. The van der Waals surface area contributed by atoms with Crippen LogP contribution in [0.2, 0.25) is 0 Å². The second-order valence-corrected chi connectivity index (χ2v) is 7.50. The molecular formula is C24H24N2O2. The van der Waals surface area contributed by atoms with E-state index in [1.807, 2.05) is 54.6 Å². The van der Waals surface area contributed by atoms with E-state index >= 15 is 0 Å². The summed E-state index contributed by atoms with van der Waals surface area (Å²) in [5.41, 5.74) is 2.14. The van der Waals surface area contributed by atoms with E-state index in [0.29, 0.717) is 0 Å². The van der Waals surface area contributed by atoms with Crippen molar-refractivity contribution in [2.45, 2.75) is 38.0 Å². The number of carbonyl (C=O) groups is 2. The summed E-state index contributed by atoms with van der Waals surface area (Å²) in [5, 5.41) is 7.89. The summed E-state index contributed by atoms with van der Waals surface area (Å²) in [6.07, 6.45) is 3.85. The van der Waals surface area contributed by atoms with Gasteiger partial charge in [0.25, 0.3) is 0 Å². The van der Waals surface area contributed by atoms with Gasteiger partial charge in [-0.15, -0.1) is 0 Å². The van der Waals surface area contributed by atoms with Crippen LogP contribution in [0.3, 0.4) is 0 Å². The molecule has 4 nitrogen and oxygen atoms in total. The van der Waals surface area contributed by atoms with Gasteiger partial charge >= 0.3 is 0 Å². The Balaban J connectivity index is 1.72. The number of nitrogens with one attached hydrogen (secondary N) is 2. The molecule has 1 saturated carbocycles. The van der Waals surface area contributed by atoms with Crippen LogP contribution in [-0.2, 0) is 15.0 Å². The lowest BCUT2D eigenvalue weighted by atomic mass is 9.78. The molecule has 3 aromatic carbocycles. The van der Waals surface area contributed by atoms with E-state index in [4.69, 9.17) is 0 Å². The predicted molar refractivity (Wildman–Crippen MR) is 113 cm³/mol. The molecule has 2 N–H and O–H groups in total. The molecule has 0 bridgehead atoms. The highest BCUT2D eigenvalue weighted by Gasteiger charge is 2.42. The Kier molecular flexibility index (Phi) is 4.86. The van der Waals surface area contributed by atoms with Crippen molar-refractivity contribution in [3.63, 3.8) is 0 Å². The maximum Gasteiger partial charge on any atom is 0.235 e. The number of benzene rings is 3. The fraction of sp³-hybridized carbons (Fsp3) is 0.250. The molecule has 0 aromatic heterocycles. The number of anilines is 2. The highest BCUT2D eigenvalue weighted by atomic mass is 16.2. The first-order valence-corrected chi connectivity index (χ1v) is 9.76. The molecule has 3 aromatic rings. The summed E-state index contributed by atoms with van der Waals surface area (Å²) >= 11 is 0. The third-order valence-corrected chi connectivity index (χ3v) is 5.70. The maximum absolute atomic E-state index is 13.5. The number of carbonyl (C=O) groups excluding carboxylic acids is 2. The lowest BCUT2D eigenvalue weighted by molar-refractivity contribution is -0.121. The van der Waals surface area contributed by atoms with Gasteiger partial charge in [0, 0.05) is 29.1 Å². The van der Waals surface area contributed by atoms with Crippen LogP contribution in [0.15, 0.2) is 66.7 Å². The standard InChI is InChI=1S/C24H24N2O2/c1-17(27)25-21-13-14-22(20-12-6-5-11-19(20)21)26-23(28)24(15-7-8-16-24)18-9-3-2-4-10-18/h2-6,9-14H,7-8,15-16H2,1H3,(H,25,27)(H,26,28). The predicted octanol–water partition coefficient (Wildman–Crippen LogP) is 5.25. The number of fused-ring (bicyclic) bond motifs is 1. The van der Waals surface area contributed by atoms with Crippen molar-refractivity contribution in [1.82, 2.24) is 0 Å². The van der Waals surface area contributed by atoms with Gasteiger partial charge < -0.3 is 10.6 Å². The van der Waals surface area contributed by atoms with Crippen molar-refractivity contribution in [2.75, 3.05) is 10.6 Å². The number of hydrogen-bond donors (Lipinski definition) is 2. The van der Waals surface area contributed by atoms with E-state index < -0.39 is 5.41 Å². The van der Waals surface area contributed by atoms with E-state index in [-0.39, 0.29) is 11.8 Å². The van der Waals surface area contributed by atoms with E-state index in [9.17, 15) is 9.59 Å². The molecule has 1 fully saturated rings. The molecule has 2 amide bonds. The molecule has 0 aliphatic heterocycles. The van der Waals surface area contributed by atoms with Crippen molar-refractivity contribution >= 4 is 34.0 Å². The molecule has 1 aliphatic rings. The molecular weight excluding hydrogens is 348 g/mol. The zero-order valence-corrected chi connectivity index (χ0v) is 16.0. The second-order valence-electron chi connectivity index (χ2n) is 7.50. The van der Waals surface area contributed by atoms with E-state index in [1.54, 1.807) is 0 Å². The van der Waals surface area contributed by atoms with Crippen molar-refractivity contribution in [1.29, 1.82) is 0 Å². The first-order valence-electron chi connectivity index (χ1n) is 9.76. The molecule has 0 atom stereocenters. The van der Waals surface area contributed by atoms with Gasteiger partial charge in [-0.1, -0.05) is 67.4 Å². The zero-order chi connectivity index (χ0) is 19.6. The van der Waals surface area contributed by atoms with Crippen molar-refractivity contribution in [2.24, 2.45) is 0 Å². The summed E-state index contributed by atoms with van der Waals surface area (Å²) in [6, 6.07) is 21.6. The van der Waals surface area contributed by atoms with Gasteiger partial charge in [0.2, 0.25) is 11.8 Å². The summed E-state index contributed by atoms with van der Waals surface area (Å²) < 4.78 is 0. The minimum absolute atomic E-state index is 0.0497. The van der Waals surface area contributed by atoms with Crippen molar-refractivity contribution in [3.8, 4) is 0 Å².